The number of benzene rings is 1. The highest BCUT2D eigenvalue weighted by Gasteiger charge is 2.85. The lowest BCUT2D eigenvalue weighted by Crippen LogP contribution is -2.85. The van der Waals surface area contributed by atoms with Gasteiger partial charge in [0.05, 0.1) is 18.1 Å². The lowest BCUT2D eigenvalue weighted by atomic mass is 9.31. The van der Waals surface area contributed by atoms with Crippen molar-refractivity contribution in [3.63, 3.8) is 0 Å². The van der Waals surface area contributed by atoms with Crippen molar-refractivity contribution in [2.24, 2.45) is 11.3 Å². The first-order chi connectivity index (χ1) is 15.1. The summed E-state index contributed by atoms with van der Waals surface area (Å²) in [5.74, 6) is 2.03. The van der Waals surface area contributed by atoms with Crippen LogP contribution < -0.4 is 9.47 Å². The minimum atomic E-state index is -0.907. The van der Waals surface area contributed by atoms with Crippen LogP contribution in [0.2, 0.25) is 0 Å². The van der Waals surface area contributed by atoms with Gasteiger partial charge >= 0.3 is 0 Å². The first kappa shape index (κ1) is 21.0. The highest BCUT2D eigenvalue weighted by atomic mass is 16.6. The number of fused-ring (bicyclic) bond motifs is 1. The number of hydrogen-bond donors (Lipinski definition) is 1. The Bertz CT molecular complexity index is 1030. The number of likely N-dealkylation sites (tertiary alicyclic amines) is 1. The molecule has 2 aliphatic heterocycles. The standard InChI is InChI=1S/C27H37NO4/c1-8-16-17-9-10-18(30-6)21-20(17)26-13-14-28(5)22(16)25(26)11-12-27(31-7,24(26,4)32-21)19(15-25)23(2,3)29/h9-12,16,19,22,29H,8,13-15H2,1-7H3/t16-,19+,22-,24+,25?,26-,27?/m0/s1. The zero-order chi connectivity index (χ0) is 22.9. The summed E-state index contributed by atoms with van der Waals surface area (Å²) in [6, 6.07) is 4.73. The minimum absolute atomic E-state index is 0.0866. The van der Waals surface area contributed by atoms with Crippen molar-refractivity contribution in [2.45, 2.75) is 81.1 Å². The quantitative estimate of drug-likeness (QED) is 0.718. The molecule has 0 amide bonds. The fourth-order valence-corrected chi connectivity index (χ4v) is 9.37. The predicted octanol–water partition coefficient (Wildman–Crippen LogP) is 4.03. The van der Waals surface area contributed by atoms with E-state index in [1.54, 1.807) is 14.2 Å². The third-order valence-corrected chi connectivity index (χ3v) is 10.4. The van der Waals surface area contributed by atoms with E-state index in [-0.39, 0.29) is 16.7 Å². The third kappa shape index (κ3) is 1.82. The first-order valence-electron chi connectivity index (χ1n) is 12.2. The lowest BCUT2D eigenvalue weighted by Gasteiger charge is -2.76. The largest absolute Gasteiger partial charge is 0.493 e. The van der Waals surface area contributed by atoms with Crippen LogP contribution in [0.5, 0.6) is 11.5 Å². The van der Waals surface area contributed by atoms with Gasteiger partial charge in [0, 0.05) is 36.0 Å². The molecular formula is C27H37NO4. The summed E-state index contributed by atoms with van der Waals surface area (Å²) < 4.78 is 19.5. The molecule has 2 heterocycles. The van der Waals surface area contributed by atoms with Gasteiger partial charge in [0.1, 0.15) is 11.2 Å². The van der Waals surface area contributed by atoms with Crippen molar-refractivity contribution < 1.29 is 19.3 Å². The summed E-state index contributed by atoms with van der Waals surface area (Å²) in [6.07, 6.45) is 7.71. The molecule has 0 aromatic heterocycles. The molecule has 7 rings (SSSR count). The van der Waals surface area contributed by atoms with Gasteiger partial charge in [-0.05, 0) is 65.3 Å². The summed E-state index contributed by atoms with van der Waals surface area (Å²) in [7, 11) is 5.81. The fourth-order valence-electron chi connectivity index (χ4n) is 9.37. The lowest BCUT2D eigenvalue weighted by molar-refractivity contribution is -0.285. The third-order valence-electron chi connectivity index (χ3n) is 10.4. The van der Waals surface area contributed by atoms with Gasteiger partial charge in [0.25, 0.3) is 0 Å². The molecule has 1 aromatic rings. The Labute approximate surface area is 191 Å². The van der Waals surface area contributed by atoms with Gasteiger partial charge in [-0.3, -0.25) is 0 Å². The average molecular weight is 440 g/mol. The van der Waals surface area contributed by atoms with Gasteiger partial charge in [-0.1, -0.05) is 25.1 Å². The summed E-state index contributed by atoms with van der Waals surface area (Å²) in [4.78, 5) is 2.59. The molecule has 1 saturated heterocycles. The van der Waals surface area contributed by atoms with Crippen LogP contribution in [0.4, 0.5) is 0 Å². The maximum absolute atomic E-state index is 11.5. The molecule has 0 radical (unpaired) electrons. The molecule has 2 fully saturated rings. The molecule has 174 valence electrons. The van der Waals surface area contributed by atoms with Crippen LogP contribution >= 0.6 is 0 Å². The van der Waals surface area contributed by atoms with E-state index in [0.717, 1.165) is 37.3 Å². The molecule has 7 atom stereocenters. The van der Waals surface area contributed by atoms with Crippen LogP contribution in [0.1, 0.15) is 64.0 Å². The van der Waals surface area contributed by atoms with E-state index in [2.05, 4.69) is 50.1 Å². The number of ether oxygens (including phenoxy) is 3. The van der Waals surface area contributed by atoms with E-state index >= 15 is 0 Å². The molecule has 2 spiro atoms. The first-order valence-corrected chi connectivity index (χ1v) is 12.2. The number of aliphatic hydroxyl groups is 1. The van der Waals surface area contributed by atoms with Crippen molar-refractivity contribution in [3.05, 3.63) is 35.4 Å². The second kappa shape index (κ2) is 5.92. The van der Waals surface area contributed by atoms with Gasteiger partial charge in [0.2, 0.25) is 0 Å². The Morgan fingerprint density at radius 2 is 2.00 bits per heavy atom. The fraction of sp³-hybridized carbons (Fsp3) is 0.704. The second-order valence-electron chi connectivity index (χ2n) is 11.6. The topological polar surface area (TPSA) is 51.2 Å². The number of rotatable bonds is 4. The summed E-state index contributed by atoms with van der Waals surface area (Å²) >= 11 is 0. The smallest absolute Gasteiger partial charge is 0.166 e. The zero-order valence-electron chi connectivity index (χ0n) is 20.5. The maximum atomic E-state index is 11.5. The summed E-state index contributed by atoms with van der Waals surface area (Å²) in [5, 5.41) is 11.5. The number of methoxy groups -OCH3 is 2. The van der Waals surface area contributed by atoms with E-state index in [1.807, 2.05) is 13.8 Å². The molecular weight excluding hydrogens is 402 g/mol. The monoisotopic (exact) mass is 439 g/mol. The Kier molecular flexibility index (Phi) is 3.88. The average Bonchev–Trinajstić information content (AvgIpc) is 3.05. The molecule has 4 aliphatic carbocycles. The molecule has 5 heteroatoms. The van der Waals surface area contributed by atoms with Crippen molar-refractivity contribution in [1.82, 2.24) is 4.90 Å². The normalized spacial score (nSPS) is 45.6. The zero-order valence-corrected chi connectivity index (χ0v) is 20.5. The van der Waals surface area contributed by atoms with E-state index in [4.69, 9.17) is 14.2 Å². The molecule has 5 nitrogen and oxygen atoms in total. The number of nitrogens with zero attached hydrogens (tertiary/aromatic N) is 1. The van der Waals surface area contributed by atoms with Crippen LogP contribution in [-0.4, -0.2) is 60.7 Å². The van der Waals surface area contributed by atoms with Gasteiger partial charge in [-0.25, -0.2) is 0 Å². The molecule has 32 heavy (non-hydrogen) atoms. The second-order valence-corrected chi connectivity index (χ2v) is 11.6. The predicted molar refractivity (Wildman–Crippen MR) is 123 cm³/mol. The van der Waals surface area contributed by atoms with Crippen LogP contribution in [0.3, 0.4) is 0 Å². The van der Waals surface area contributed by atoms with Gasteiger partial charge < -0.3 is 24.2 Å². The molecule has 6 aliphatic rings. The highest BCUT2D eigenvalue weighted by molar-refractivity contribution is 5.68. The highest BCUT2D eigenvalue weighted by Crippen LogP contribution is 2.80. The Morgan fingerprint density at radius 3 is 2.62 bits per heavy atom. The van der Waals surface area contributed by atoms with Crippen LogP contribution in [0.15, 0.2) is 24.3 Å². The van der Waals surface area contributed by atoms with E-state index in [0.29, 0.717) is 12.0 Å². The Morgan fingerprint density at radius 1 is 1.25 bits per heavy atom. The van der Waals surface area contributed by atoms with Crippen LogP contribution in [-0.2, 0) is 10.2 Å². The summed E-state index contributed by atoms with van der Waals surface area (Å²) in [6.45, 7) is 9.47. The molecule has 4 bridgehead atoms. The van der Waals surface area contributed by atoms with Crippen molar-refractivity contribution in [3.8, 4) is 11.5 Å². The van der Waals surface area contributed by atoms with Crippen molar-refractivity contribution >= 4 is 0 Å². The van der Waals surface area contributed by atoms with E-state index in [1.165, 1.54) is 11.1 Å². The SMILES string of the molecule is CC[C@H]1c2ccc(OC)c3c2[C@]24CCN(C)[C@@H]1C21C=CC(OC)([C@@H](C(C)(C)O)C1)[C@]4(C)O3. The molecule has 1 saturated carbocycles. The number of likely N-dealkylation sites (N-methyl/N-ethyl adjacent to an activating group) is 1. The Balaban J connectivity index is 1.78. The van der Waals surface area contributed by atoms with Crippen LogP contribution in [0.25, 0.3) is 0 Å². The van der Waals surface area contributed by atoms with Crippen molar-refractivity contribution in [1.29, 1.82) is 0 Å². The van der Waals surface area contributed by atoms with Gasteiger partial charge in [0.15, 0.2) is 11.5 Å². The molecule has 1 N–H and O–H groups in total. The molecule has 1 aromatic carbocycles. The maximum Gasteiger partial charge on any atom is 0.166 e. The van der Waals surface area contributed by atoms with E-state index < -0.39 is 16.8 Å². The van der Waals surface area contributed by atoms with Gasteiger partial charge in [-0.15, -0.1) is 0 Å². The Hall–Kier alpha value is -1.56. The number of piperidine rings is 1. The van der Waals surface area contributed by atoms with E-state index in [9.17, 15) is 5.11 Å². The van der Waals surface area contributed by atoms with Gasteiger partial charge in [-0.2, -0.15) is 0 Å². The molecule has 2 unspecified atom stereocenters. The minimum Gasteiger partial charge on any atom is -0.493 e. The number of hydrogen-bond acceptors (Lipinski definition) is 5. The summed E-state index contributed by atoms with van der Waals surface area (Å²) in [5.41, 5.74) is 0.149. The van der Waals surface area contributed by atoms with Crippen molar-refractivity contribution in [2.75, 3.05) is 27.8 Å². The van der Waals surface area contributed by atoms with Crippen LogP contribution in [0, 0.1) is 11.3 Å².